The lowest BCUT2D eigenvalue weighted by Gasteiger charge is -2.22. The summed E-state index contributed by atoms with van der Waals surface area (Å²) in [5, 5.41) is 8.78. The molecular weight excluding hydrogens is 295 g/mol. The van der Waals surface area contributed by atoms with Gasteiger partial charge in [0.2, 0.25) is 0 Å². The van der Waals surface area contributed by atoms with E-state index in [0.29, 0.717) is 19.5 Å². The van der Waals surface area contributed by atoms with Crippen LogP contribution in [0.15, 0.2) is 48.7 Å². The van der Waals surface area contributed by atoms with Crippen LogP contribution >= 0.6 is 0 Å². The van der Waals surface area contributed by atoms with Crippen LogP contribution in [0.3, 0.4) is 0 Å². The van der Waals surface area contributed by atoms with Crippen LogP contribution < -0.4 is 0 Å². The fraction of sp³-hybridized carbons (Fsp3) is 0.333. The van der Waals surface area contributed by atoms with Gasteiger partial charge in [-0.2, -0.15) is 0 Å². The Morgan fingerprint density at radius 1 is 1.13 bits per heavy atom. The smallest absolute Gasteiger partial charge is 0.303 e. The molecule has 4 nitrogen and oxygen atoms in total. The number of pyridine rings is 1. The van der Waals surface area contributed by atoms with Crippen LogP contribution in [0, 0.1) is 5.82 Å². The average Bonchev–Trinajstić information content (AvgIpc) is 2.55. The van der Waals surface area contributed by atoms with Crippen molar-refractivity contribution in [2.75, 3.05) is 13.1 Å². The van der Waals surface area contributed by atoms with E-state index in [9.17, 15) is 9.18 Å². The first-order valence-electron chi connectivity index (χ1n) is 7.72. The van der Waals surface area contributed by atoms with Crippen LogP contribution in [0.4, 0.5) is 4.39 Å². The maximum Gasteiger partial charge on any atom is 0.303 e. The molecule has 0 spiro atoms. The lowest BCUT2D eigenvalue weighted by Crippen LogP contribution is -2.27. The molecule has 2 rings (SSSR count). The predicted octanol–water partition coefficient (Wildman–Crippen LogP) is 3.13. The summed E-state index contributed by atoms with van der Waals surface area (Å²) in [6.07, 6.45) is 3.32. The van der Waals surface area contributed by atoms with Crippen LogP contribution in [0.25, 0.3) is 0 Å². The zero-order valence-electron chi connectivity index (χ0n) is 13.0. The topological polar surface area (TPSA) is 53.4 Å². The molecular formula is C18H21FN2O2. The summed E-state index contributed by atoms with van der Waals surface area (Å²) in [4.78, 5) is 17.2. The number of hydrogen-bond acceptors (Lipinski definition) is 3. The number of hydrogen-bond donors (Lipinski definition) is 1. The summed E-state index contributed by atoms with van der Waals surface area (Å²) in [5.74, 6) is -1.03. The molecule has 0 atom stereocenters. The second kappa shape index (κ2) is 9.00. The Morgan fingerprint density at radius 3 is 2.57 bits per heavy atom. The van der Waals surface area contributed by atoms with E-state index in [-0.39, 0.29) is 12.2 Å². The molecule has 1 aromatic heterocycles. The molecule has 5 heteroatoms. The molecule has 0 saturated carbocycles. The Morgan fingerprint density at radius 2 is 1.91 bits per heavy atom. The molecule has 0 aliphatic rings. The van der Waals surface area contributed by atoms with Gasteiger partial charge in [0.25, 0.3) is 0 Å². The summed E-state index contributed by atoms with van der Waals surface area (Å²) >= 11 is 0. The van der Waals surface area contributed by atoms with E-state index >= 15 is 0 Å². The maximum absolute atomic E-state index is 13.0. The summed E-state index contributed by atoms with van der Waals surface area (Å²) in [6, 6.07) is 12.2. The number of rotatable bonds is 9. The van der Waals surface area contributed by atoms with Crippen molar-refractivity contribution in [2.24, 2.45) is 0 Å². The Bertz CT molecular complexity index is 602. The number of aliphatic carboxylic acids is 1. The largest absolute Gasteiger partial charge is 0.481 e. The zero-order chi connectivity index (χ0) is 16.5. The van der Waals surface area contributed by atoms with Crippen molar-refractivity contribution >= 4 is 5.97 Å². The van der Waals surface area contributed by atoms with Crippen LogP contribution in [-0.4, -0.2) is 34.0 Å². The van der Waals surface area contributed by atoms with Gasteiger partial charge in [0.15, 0.2) is 0 Å². The molecule has 0 amide bonds. The standard InChI is InChI=1S/C18H21FN2O2/c19-16-8-6-15(7-9-16)14-21(12-3-5-18(22)23)13-10-17-4-1-2-11-20-17/h1-2,4,6-9,11H,3,5,10,12-14H2,(H,22,23). The van der Waals surface area contributed by atoms with Gasteiger partial charge < -0.3 is 5.11 Å². The molecule has 23 heavy (non-hydrogen) atoms. The minimum Gasteiger partial charge on any atom is -0.481 e. The van der Waals surface area contributed by atoms with Crippen LogP contribution in [0.5, 0.6) is 0 Å². The molecule has 0 unspecified atom stereocenters. The van der Waals surface area contributed by atoms with E-state index in [0.717, 1.165) is 24.2 Å². The second-order valence-electron chi connectivity index (χ2n) is 5.47. The summed E-state index contributed by atoms with van der Waals surface area (Å²) in [6.45, 7) is 2.15. The number of aromatic nitrogens is 1. The Labute approximate surface area is 135 Å². The first-order chi connectivity index (χ1) is 11.1. The molecule has 0 aliphatic heterocycles. The van der Waals surface area contributed by atoms with Gasteiger partial charge in [0.1, 0.15) is 5.82 Å². The summed E-state index contributed by atoms with van der Waals surface area (Å²) in [7, 11) is 0. The van der Waals surface area contributed by atoms with Crippen molar-refractivity contribution < 1.29 is 14.3 Å². The van der Waals surface area contributed by atoms with Crippen molar-refractivity contribution in [3.63, 3.8) is 0 Å². The van der Waals surface area contributed by atoms with Gasteiger partial charge in [0.05, 0.1) is 0 Å². The Kier molecular flexibility index (Phi) is 6.69. The van der Waals surface area contributed by atoms with E-state index in [1.165, 1.54) is 12.1 Å². The van der Waals surface area contributed by atoms with E-state index in [1.54, 1.807) is 18.3 Å². The number of benzene rings is 1. The first kappa shape index (κ1) is 17.1. The van der Waals surface area contributed by atoms with E-state index in [2.05, 4.69) is 9.88 Å². The van der Waals surface area contributed by atoms with Crippen molar-refractivity contribution in [1.29, 1.82) is 0 Å². The van der Waals surface area contributed by atoms with Crippen molar-refractivity contribution in [3.05, 3.63) is 65.7 Å². The lowest BCUT2D eigenvalue weighted by molar-refractivity contribution is -0.137. The molecule has 0 aliphatic carbocycles. The number of carboxylic acid groups (broad SMARTS) is 1. The highest BCUT2D eigenvalue weighted by Gasteiger charge is 2.08. The van der Waals surface area contributed by atoms with Crippen molar-refractivity contribution in [3.8, 4) is 0 Å². The SMILES string of the molecule is O=C(O)CCCN(CCc1ccccn1)Cc1ccc(F)cc1. The fourth-order valence-electron chi connectivity index (χ4n) is 2.39. The highest BCUT2D eigenvalue weighted by Crippen LogP contribution is 2.09. The van der Waals surface area contributed by atoms with E-state index in [1.807, 2.05) is 18.2 Å². The van der Waals surface area contributed by atoms with Gasteiger partial charge in [-0.15, -0.1) is 0 Å². The van der Waals surface area contributed by atoms with Gasteiger partial charge in [-0.1, -0.05) is 18.2 Å². The van der Waals surface area contributed by atoms with Crippen molar-refractivity contribution in [1.82, 2.24) is 9.88 Å². The number of halogens is 1. The van der Waals surface area contributed by atoms with Crippen LogP contribution in [0.2, 0.25) is 0 Å². The van der Waals surface area contributed by atoms with Crippen LogP contribution in [-0.2, 0) is 17.8 Å². The Hall–Kier alpha value is -2.27. The normalized spacial score (nSPS) is 10.9. The third kappa shape index (κ3) is 6.57. The van der Waals surface area contributed by atoms with Gasteiger partial charge in [-0.3, -0.25) is 14.7 Å². The van der Waals surface area contributed by atoms with E-state index in [4.69, 9.17) is 5.11 Å². The van der Waals surface area contributed by atoms with Crippen molar-refractivity contribution in [2.45, 2.75) is 25.8 Å². The monoisotopic (exact) mass is 316 g/mol. The molecule has 1 aromatic carbocycles. The van der Waals surface area contributed by atoms with Gasteiger partial charge in [-0.05, 0) is 42.8 Å². The summed E-state index contributed by atoms with van der Waals surface area (Å²) < 4.78 is 13.0. The number of carboxylic acids is 1. The highest BCUT2D eigenvalue weighted by molar-refractivity contribution is 5.66. The molecule has 0 radical (unpaired) electrons. The number of nitrogens with zero attached hydrogens (tertiary/aromatic N) is 2. The van der Waals surface area contributed by atoms with Gasteiger partial charge in [-0.25, -0.2) is 4.39 Å². The zero-order valence-corrected chi connectivity index (χ0v) is 13.0. The molecule has 1 heterocycles. The fourth-order valence-corrected chi connectivity index (χ4v) is 2.39. The maximum atomic E-state index is 13.0. The number of carbonyl (C=O) groups is 1. The average molecular weight is 316 g/mol. The molecule has 2 aromatic rings. The van der Waals surface area contributed by atoms with E-state index < -0.39 is 5.97 Å². The van der Waals surface area contributed by atoms with Gasteiger partial charge in [0, 0.05) is 37.8 Å². The minimum absolute atomic E-state index is 0.156. The highest BCUT2D eigenvalue weighted by atomic mass is 19.1. The van der Waals surface area contributed by atoms with Crippen LogP contribution in [0.1, 0.15) is 24.1 Å². The molecule has 0 fully saturated rings. The lowest BCUT2D eigenvalue weighted by atomic mass is 10.1. The molecule has 0 bridgehead atoms. The molecule has 1 N–H and O–H groups in total. The molecule has 0 saturated heterocycles. The predicted molar refractivity (Wildman–Crippen MR) is 86.5 cm³/mol. The quantitative estimate of drug-likeness (QED) is 0.772. The second-order valence-corrected chi connectivity index (χ2v) is 5.47. The van der Waals surface area contributed by atoms with Gasteiger partial charge >= 0.3 is 5.97 Å². The minimum atomic E-state index is -0.781. The summed E-state index contributed by atoms with van der Waals surface area (Å²) in [5.41, 5.74) is 2.03. The first-order valence-corrected chi connectivity index (χ1v) is 7.72. The molecule has 122 valence electrons. The third-order valence-electron chi connectivity index (χ3n) is 3.59. The third-order valence-corrected chi connectivity index (χ3v) is 3.59. The Balaban J connectivity index is 1.92.